The third-order valence-electron chi connectivity index (χ3n) is 2.77. The van der Waals surface area contributed by atoms with Gasteiger partial charge in [-0.2, -0.15) is 0 Å². The maximum absolute atomic E-state index is 11.8. The van der Waals surface area contributed by atoms with Crippen LogP contribution < -0.4 is 10.9 Å². The van der Waals surface area contributed by atoms with Gasteiger partial charge in [0, 0.05) is 18.7 Å². The van der Waals surface area contributed by atoms with Crippen LogP contribution >= 0.6 is 0 Å². The number of pyridine rings is 1. The topological polar surface area (TPSA) is 65.1 Å². The minimum Gasteiger partial charge on any atom is -0.395 e. The monoisotopic (exact) mass is 232 g/mol. The molecule has 4 heteroatoms. The number of benzene rings is 1. The van der Waals surface area contributed by atoms with Crippen molar-refractivity contribution >= 4 is 10.9 Å². The highest BCUT2D eigenvalue weighted by Gasteiger charge is 2.03. The maximum atomic E-state index is 11.8. The summed E-state index contributed by atoms with van der Waals surface area (Å²) in [6.07, 6.45) is 0. The highest BCUT2D eigenvalue weighted by molar-refractivity contribution is 5.81. The molecule has 0 bridgehead atoms. The zero-order valence-electron chi connectivity index (χ0n) is 9.79. The number of H-pyrrole nitrogens is 1. The van der Waals surface area contributed by atoms with Gasteiger partial charge in [0.2, 0.25) is 0 Å². The Labute approximate surface area is 99.3 Å². The molecule has 1 aromatic heterocycles. The van der Waals surface area contributed by atoms with Crippen LogP contribution in [0.15, 0.2) is 29.1 Å². The number of aliphatic hydroxyl groups excluding tert-OH is 1. The molecular formula is C13H16N2O2. The predicted octanol–water partition coefficient (Wildman–Crippen LogP) is 0.918. The molecule has 0 atom stereocenters. The first-order chi connectivity index (χ1) is 8.22. The molecule has 90 valence electrons. The number of aryl methyl sites for hydroxylation is 1. The lowest BCUT2D eigenvalue weighted by atomic mass is 10.1. The number of rotatable bonds is 4. The van der Waals surface area contributed by atoms with Crippen LogP contribution in [0.2, 0.25) is 0 Å². The molecule has 1 aromatic carbocycles. The number of hydrogen-bond donors (Lipinski definition) is 3. The SMILES string of the molecule is Cc1cccc2cc(CNCCO)c(=O)[nH]c12. The van der Waals surface area contributed by atoms with Crippen LogP contribution in [-0.2, 0) is 6.54 Å². The minimum absolute atomic E-state index is 0.0720. The van der Waals surface area contributed by atoms with E-state index < -0.39 is 0 Å². The van der Waals surface area contributed by atoms with Crippen LogP contribution in [0.3, 0.4) is 0 Å². The highest BCUT2D eigenvalue weighted by Crippen LogP contribution is 2.14. The fourth-order valence-electron chi connectivity index (χ4n) is 1.86. The molecule has 0 aliphatic rings. The fraction of sp³-hybridized carbons (Fsp3) is 0.308. The van der Waals surface area contributed by atoms with E-state index in [1.165, 1.54) is 0 Å². The second-order valence-corrected chi connectivity index (χ2v) is 4.06. The van der Waals surface area contributed by atoms with Crippen molar-refractivity contribution < 1.29 is 5.11 Å². The molecule has 2 aromatic rings. The van der Waals surface area contributed by atoms with Gasteiger partial charge in [0.15, 0.2) is 0 Å². The summed E-state index contributed by atoms with van der Waals surface area (Å²) >= 11 is 0. The lowest BCUT2D eigenvalue weighted by Crippen LogP contribution is -2.23. The summed E-state index contributed by atoms with van der Waals surface area (Å²) in [6.45, 7) is 3.01. The van der Waals surface area contributed by atoms with Crippen molar-refractivity contribution in [3.8, 4) is 0 Å². The molecule has 0 saturated heterocycles. The number of aliphatic hydroxyl groups is 1. The molecule has 1 heterocycles. The second-order valence-electron chi connectivity index (χ2n) is 4.06. The average molecular weight is 232 g/mol. The minimum atomic E-state index is -0.0720. The maximum Gasteiger partial charge on any atom is 0.252 e. The van der Waals surface area contributed by atoms with E-state index >= 15 is 0 Å². The van der Waals surface area contributed by atoms with Crippen molar-refractivity contribution in [1.82, 2.24) is 10.3 Å². The van der Waals surface area contributed by atoms with E-state index in [-0.39, 0.29) is 12.2 Å². The first-order valence-corrected chi connectivity index (χ1v) is 5.65. The molecule has 3 N–H and O–H groups in total. The van der Waals surface area contributed by atoms with Gasteiger partial charge in [-0.1, -0.05) is 18.2 Å². The van der Waals surface area contributed by atoms with E-state index in [9.17, 15) is 4.79 Å². The number of aromatic nitrogens is 1. The second kappa shape index (κ2) is 5.12. The van der Waals surface area contributed by atoms with E-state index in [1.807, 2.05) is 31.2 Å². The summed E-state index contributed by atoms with van der Waals surface area (Å²) in [7, 11) is 0. The third-order valence-corrected chi connectivity index (χ3v) is 2.77. The fourth-order valence-corrected chi connectivity index (χ4v) is 1.86. The number of nitrogens with one attached hydrogen (secondary N) is 2. The predicted molar refractivity (Wildman–Crippen MR) is 68.1 cm³/mol. The van der Waals surface area contributed by atoms with Crippen molar-refractivity contribution in [2.75, 3.05) is 13.2 Å². The number of aromatic amines is 1. The van der Waals surface area contributed by atoms with Crippen LogP contribution in [0, 0.1) is 6.92 Å². The quantitative estimate of drug-likeness (QED) is 0.687. The van der Waals surface area contributed by atoms with E-state index in [1.54, 1.807) is 0 Å². The normalized spacial score (nSPS) is 10.9. The van der Waals surface area contributed by atoms with Gasteiger partial charge >= 0.3 is 0 Å². The Balaban J connectivity index is 2.38. The zero-order valence-corrected chi connectivity index (χ0v) is 9.79. The molecule has 0 radical (unpaired) electrons. The van der Waals surface area contributed by atoms with Crippen LogP contribution in [0.25, 0.3) is 10.9 Å². The molecule has 0 unspecified atom stereocenters. The first-order valence-electron chi connectivity index (χ1n) is 5.65. The van der Waals surface area contributed by atoms with Gasteiger partial charge in [-0.3, -0.25) is 4.79 Å². The number of fused-ring (bicyclic) bond motifs is 1. The van der Waals surface area contributed by atoms with Crippen molar-refractivity contribution in [2.45, 2.75) is 13.5 Å². The van der Waals surface area contributed by atoms with E-state index in [0.29, 0.717) is 18.7 Å². The van der Waals surface area contributed by atoms with Crippen LogP contribution in [0.4, 0.5) is 0 Å². The Hall–Kier alpha value is -1.65. The Morgan fingerprint density at radius 3 is 3.00 bits per heavy atom. The van der Waals surface area contributed by atoms with E-state index in [2.05, 4.69) is 10.3 Å². The Kier molecular flexibility index (Phi) is 3.56. The van der Waals surface area contributed by atoms with E-state index in [4.69, 9.17) is 5.11 Å². The van der Waals surface area contributed by atoms with Crippen LogP contribution in [0.1, 0.15) is 11.1 Å². The summed E-state index contributed by atoms with van der Waals surface area (Å²) in [6, 6.07) is 7.82. The summed E-state index contributed by atoms with van der Waals surface area (Å²) in [5.74, 6) is 0. The van der Waals surface area contributed by atoms with Gasteiger partial charge in [-0.05, 0) is 23.9 Å². The summed E-state index contributed by atoms with van der Waals surface area (Å²) in [5, 5.41) is 12.7. The van der Waals surface area contributed by atoms with Gasteiger partial charge in [0.1, 0.15) is 0 Å². The lowest BCUT2D eigenvalue weighted by molar-refractivity contribution is 0.292. The molecule has 2 rings (SSSR count). The van der Waals surface area contributed by atoms with E-state index in [0.717, 1.165) is 16.5 Å². The average Bonchev–Trinajstić information content (AvgIpc) is 2.31. The Morgan fingerprint density at radius 1 is 1.41 bits per heavy atom. The van der Waals surface area contributed by atoms with Crippen molar-refractivity contribution in [1.29, 1.82) is 0 Å². The molecule has 0 amide bonds. The molecule has 0 aliphatic heterocycles. The van der Waals surface area contributed by atoms with Gasteiger partial charge in [0.25, 0.3) is 5.56 Å². The van der Waals surface area contributed by atoms with Crippen molar-refractivity contribution in [3.05, 3.63) is 45.7 Å². The van der Waals surface area contributed by atoms with Crippen LogP contribution in [-0.4, -0.2) is 23.2 Å². The summed E-state index contributed by atoms with van der Waals surface area (Å²) in [4.78, 5) is 14.7. The van der Waals surface area contributed by atoms with Crippen molar-refractivity contribution in [2.24, 2.45) is 0 Å². The third kappa shape index (κ3) is 2.54. The van der Waals surface area contributed by atoms with Gasteiger partial charge in [0.05, 0.1) is 12.1 Å². The molecule has 0 aliphatic carbocycles. The lowest BCUT2D eigenvalue weighted by Gasteiger charge is -2.06. The number of hydrogen-bond acceptors (Lipinski definition) is 3. The Morgan fingerprint density at radius 2 is 2.24 bits per heavy atom. The highest BCUT2D eigenvalue weighted by atomic mass is 16.3. The standard InChI is InChI=1S/C13H16N2O2/c1-9-3-2-4-10-7-11(8-14-5-6-16)13(17)15-12(9)10/h2-4,7,14,16H,5-6,8H2,1H3,(H,15,17). The smallest absolute Gasteiger partial charge is 0.252 e. The molecule has 0 saturated carbocycles. The zero-order chi connectivity index (χ0) is 12.3. The largest absolute Gasteiger partial charge is 0.395 e. The van der Waals surface area contributed by atoms with Crippen molar-refractivity contribution in [3.63, 3.8) is 0 Å². The van der Waals surface area contributed by atoms with Gasteiger partial charge < -0.3 is 15.4 Å². The summed E-state index contributed by atoms with van der Waals surface area (Å²) in [5.41, 5.74) is 2.58. The van der Waals surface area contributed by atoms with Crippen LogP contribution in [0.5, 0.6) is 0 Å². The number of para-hydroxylation sites is 1. The molecule has 4 nitrogen and oxygen atoms in total. The molecule has 0 spiro atoms. The molecular weight excluding hydrogens is 216 g/mol. The Bertz CT molecular complexity index is 575. The molecule has 0 fully saturated rings. The molecule has 17 heavy (non-hydrogen) atoms. The van der Waals surface area contributed by atoms with Gasteiger partial charge in [-0.25, -0.2) is 0 Å². The first kappa shape index (κ1) is 11.8. The van der Waals surface area contributed by atoms with Gasteiger partial charge in [-0.15, -0.1) is 0 Å². The summed E-state index contributed by atoms with van der Waals surface area (Å²) < 4.78 is 0.